The maximum Gasteiger partial charge on any atom is 0.245 e. The fourth-order valence-electron chi connectivity index (χ4n) is 8.74. The van der Waals surface area contributed by atoms with Gasteiger partial charge in [-0.1, -0.05) is 59.2 Å². The van der Waals surface area contributed by atoms with Crippen LogP contribution in [0.25, 0.3) is 33.5 Å². The molecule has 3 amide bonds. The monoisotopic (exact) mass is 835 g/mol. The van der Waals surface area contributed by atoms with Crippen LogP contribution in [0.1, 0.15) is 92.6 Å². The molecule has 2 fully saturated rings. The van der Waals surface area contributed by atoms with Gasteiger partial charge in [0.1, 0.15) is 23.8 Å². The number of Topliss-reactive ketones (excluding diaryl/α,β-unsaturated/α-hetero) is 1. The number of nitrogens with one attached hydrogen (secondary N) is 3. The number of rotatable bonds is 15. The first-order chi connectivity index (χ1) is 27.9. The zero-order chi connectivity index (χ0) is 42.9. The van der Waals surface area contributed by atoms with Crippen molar-refractivity contribution >= 4 is 57.0 Å². The molecule has 3 N–H and O–H groups in total. The predicted octanol–water partition coefficient (Wildman–Crippen LogP) is 7.62. The van der Waals surface area contributed by atoms with E-state index in [4.69, 9.17) is 16.6 Å². The summed E-state index contributed by atoms with van der Waals surface area (Å²) in [6.45, 7) is 14.1. The number of hydrogen-bond acceptors (Lipinski definition) is 6. The highest BCUT2D eigenvalue weighted by molar-refractivity contribution is 6.31. The van der Waals surface area contributed by atoms with E-state index in [-0.39, 0.29) is 61.3 Å². The molecule has 14 heteroatoms. The lowest BCUT2D eigenvalue weighted by Crippen LogP contribution is -2.51. The maximum atomic E-state index is 15.6. The summed E-state index contributed by atoms with van der Waals surface area (Å²) in [6.07, 6.45) is 1.80. The van der Waals surface area contributed by atoms with E-state index in [1.807, 2.05) is 63.1 Å². The molecule has 2 aliphatic heterocycles. The largest absolute Gasteiger partial charge is 0.352 e. The van der Waals surface area contributed by atoms with Crippen LogP contribution in [-0.4, -0.2) is 98.3 Å². The Morgan fingerprint density at radius 2 is 1.76 bits per heavy atom. The molecule has 2 saturated heterocycles. The van der Waals surface area contributed by atoms with Gasteiger partial charge in [0.15, 0.2) is 5.82 Å². The van der Waals surface area contributed by atoms with Crippen molar-refractivity contribution in [2.45, 2.75) is 130 Å². The third-order valence-electron chi connectivity index (χ3n) is 12.7. The summed E-state index contributed by atoms with van der Waals surface area (Å²) in [7, 11) is 1.71. The average Bonchev–Trinajstić information content (AvgIpc) is 3.98. The Balaban J connectivity index is 1.40. The van der Waals surface area contributed by atoms with Crippen molar-refractivity contribution in [1.82, 2.24) is 35.0 Å². The lowest BCUT2D eigenvalue weighted by atomic mass is 9.76. The van der Waals surface area contributed by atoms with Gasteiger partial charge in [-0.3, -0.25) is 19.2 Å². The number of carbonyl (C=O) groups excluding carboxylic acids is 4. The summed E-state index contributed by atoms with van der Waals surface area (Å²) < 4.78 is 32.4. The molecule has 7 unspecified atom stereocenters. The molecular formula is C45H60ClF2N7O4. The van der Waals surface area contributed by atoms with Crippen molar-refractivity contribution in [2.75, 3.05) is 20.1 Å². The van der Waals surface area contributed by atoms with E-state index >= 15 is 4.39 Å². The average molecular weight is 836 g/mol. The summed E-state index contributed by atoms with van der Waals surface area (Å²) >= 11 is 6.52. The van der Waals surface area contributed by atoms with Gasteiger partial charge in [-0.15, -0.1) is 0 Å². The Hall–Kier alpha value is -4.36. The number of ketones is 1. The molecule has 0 aliphatic carbocycles. The van der Waals surface area contributed by atoms with Crippen molar-refractivity contribution in [3.8, 4) is 11.5 Å². The first-order valence-corrected chi connectivity index (χ1v) is 21.5. The summed E-state index contributed by atoms with van der Waals surface area (Å²) in [5, 5.41) is 7.28. The van der Waals surface area contributed by atoms with Crippen molar-refractivity contribution in [3.05, 3.63) is 52.8 Å². The molecule has 0 saturated carbocycles. The fraction of sp³-hybridized carbons (Fsp3) is 0.578. The minimum Gasteiger partial charge on any atom is -0.352 e. The van der Waals surface area contributed by atoms with Gasteiger partial charge in [-0.2, -0.15) is 0 Å². The summed E-state index contributed by atoms with van der Waals surface area (Å²) in [5.41, 5.74) is 2.70. The number of likely N-dealkylation sites (tertiary alicyclic amines) is 2. The SMILES string of the molecule is CCC(C)C(=O)NC(CC)C(=O)N1CCCC1Cn1c(-c2[nH]c3cc(Cl)ccc3c2CC2CC(F)CN2C(=O)C(CC(=O)C(C)NC)C(C)(C)C)nc2cc(F)ccc21. The summed E-state index contributed by atoms with van der Waals surface area (Å²) in [4.78, 5) is 66.7. The highest BCUT2D eigenvalue weighted by atomic mass is 35.5. The molecule has 0 spiro atoms. The zero-order valence-electron chi connectivity index (χ0n) is 35.6. The number of imidazole rings is 1. The highest BCUT2D eigenvalue weighted by Gasteiger charge is 2.43. The molecule has 2 aliphatic rings. The summed E-state index contributed by atoms with van der Waals surface area (Å²) in [5.74, 6) is -1.41. The second-order valence-electron chi connectivity index (χ2n) is 17.7. The molecule has 6 rings (SSSR count). The maximum absolute atomic E-state index is 15.6. The Morgan fingerprint density at radius 1 is 1.02 bits per heavy atom. The number of fused-ring (bicyclic) bond motifs is 2. The van der Waals surface area contributed by atoms with Gasteiger partial charge < -0.3 is 30.0 Å². The smallest absolute Gasteiger partial charge is 0.245 e. The van der Waals surface area contributed by atoms with Gasteiger partial charge in [-0.25, -0.2) is 13.8 Å². The number of halogens is 3. The minimum absolute atomic E-state index is 0.0336. The zero-order valence-corrected chi connectivity index (χ0v) is 36.4. The molecule has 4 heterocycles. The van der Waals surface area contributed by atoms with Crippen LogP contribution in [0.5, 0.6) is 0 Å². The van der Waals surface area contributed by atoms with E-state index in [0.29, 0.717) is 53.5 Å². The van der Waals surface area contributed by atoms with Crippen LogP contribution in [0, 0.1) is 23.1 Å². The Morgan fingerprint density at radius 3 is 2.44 bits per heavy atom. The number of benzene rings is 2. The molecule has 59 heavy (non-hydrogen) atoms. The number of nitrogens with zero attached hydrogens (tertiary/aromatic N) is 4. The first kappa shape index (κ1) is 44.2. The number of H-pyrrole nitrogens is 1. The van der Waals surface area contributed by atoms with E-state index in [9.17, 15) is 23.6 Å². The lowest BCUT2D eigenvalue weighted by molar-refractivity contribution is -0.143. The van der Waals surface area contributed by atoms with Crippen LogP contribution in [0.15, 0.2) is 36.4 Å². The Kier molecular flexibility index (Phi) is 13.6. The number of alkyl halides is 1. The molecule has 7 atom stereocenters. The molecule has 4 aromatic rings. The number of aromatic amines is 1. The van der Waals surface area contributed by atoms with Gasteiger partial charge in [0.25, 0.3) is 0 Å². The molecule has 0 radical (unpaired) electrons. The van der Waals surface area contributed by atoms with Crippen LogP contribution in [0.2, 0.25) is 5.02 Å². The third-order valence-corrected chi connectivity index (χ3v) is 12.9. The second kappa shape index (κ2) is 18.1. The molecule has 11 nitrogen and oxygen atoms in total. The Bertz CT molecular complexity index is 2200. The molecule has 0 bridgehead atoms. The molecule has 2 aromatic heterocycles. The molecular weight excluding hydrogens is 776 g/mol. The summed E-state index contributed by atoms with van der Waals surface area (Å²) in [6, 6.07) is 8.12. The van der Waals surface area contributed by atoms with Crippen molar-refractivity contribution in [1.29, 1.82) is 0 Å². The van der Waals surface area contributed by atoms with Crippen molar-refractivity contribution < 1.29 is 28.0 Å². The number of likely N-dealkylation sites (N-methyl/N-ethyl adjacent to an activating group) is 1. The van der Waals surface area contributed by atoms with Gasteiger partial charge in [0, 0.05) is 71.8 Å². The topological polar surface area (TPSA) is 132 Å². The second-order valence-corrected chi connectivity index (χ2v) is 18.2. The van der Waals surface area contributed by atoms with E-state index in [2.05, 4.69) is 15.6 Å². The number of amides is 3. The van der Waals surface area contributed by atoms with E-state index < -0.39 is 41.4 Å². The Labute approximate surface area is 351 Å². The van der Waals surface area contributed by atoms with E-state index in [1.54, 1.807) is 31.0 Å². The van der Waals surface area contributed by atoms with E-state index in [1.165, 1.54) is 12.1 Å². The van der Waals surface area contributed by atoms with Crippen LogP contribution in [-0.2, 0) is 32.1 Å². The number of carbonyl (C=O) groups is 4. The van der Waals surface area contributed by atoms with Crippen molar-refractivity contribution in [3.63, 3.8) is 0 Å². The first-order valence-electron chi connectivity index (χ1n) is 21.2. The predicted molar refractivity (Wildman–Crippen MR) is 228 cm³/mol. The highest BCUT2D eigenvalue weighted by Crippen LogP contribution is 2.39. The van der Waals surface area contributed by atoms with Gasteiger partial charge in [-0.05, 0) is 81.3 Å². The number of hydrogen-bond donors (Lipinski definition) is 3. The quantitative estimate of drug-likeness (QED) is 0.113. The van der Waals surface area contributed by atoms with Crippen LogP contribution < -0.4 is 10.6 Å². The number of aromatic nitrogens is 3. The molecule has 320 valence electrons. The van der Waals surface area contributed by atoms with Gasteiger partial charge >= 0.3 is 0 Å². The fourth-order valence-corrected chi connectivity index (χ4v) is 8.91. The van der Waals surface area contributed by atoms with Crippen LogP contribution in [0.3, 0.4) is 0 Å². The normalized spacial score (nSPS) is 20.6. The molecule has 2 aromatic carbocycles. The van der Waals surface area contributed by atoms with E-state index in [0.717, 1.165) is 29.3 Å². The van der Waals surface area contributed by atoms with Crippen LogP contribution in [0.4, 0.5) is 8.78 Å². The standard InChI is InChI=1S/C45H60ClF2N7O4/c1-9-25(3)42(57)52-35(10-2)44(59)53-17-11-12-30(53)24-55-38-16-14-28(47)20-37(38)51-41(55)40-33(32-15-13-27(46)18-36(32)50-40)21-31-19-29(48)23-54(31)43(58)34(45(5,6)7)22-39(56)26(4)49-8/h13-16,18,20,25-26,29-31,34-35,49-50H,9-12,17,19,21-24H2,1-8H3,(H,52,57). The van der Waals surface area contributed by atoms with Gasteiger partial charge in [0.05, 0.1) is 29.3 Å². The lowest BCUT2D eigenvalue weighted by Gasteiger charge is -2.35. The van der Waals surface area contributed by atoms with Crippen molar-refractivity contribution in [2.24, 2.45) is 17.3 Å². The van der Waals surface area contributed by atoms with Gasteiger partial charge in [0.2, 0.25) is 17.7 Å². The third kappa shape index (κ3) is 9.36. The minimum atomic E-state index is -1.25. The van der Waals surface area contributed by atoms with Crippen LogP contribution >= 0.6 is 11.6 Å².